The van der Waals surface area contributed by atoms with E-state index >= 15 is 0 Å². The van der Waals surface area contributed by atoms with E-state index in [2.05, 4.69) is 82.8 Å². The summed E-state index contributed by atoms with van der Waals surface area (Å²) in [7, 11) is 0. The average Bonchev–Trinajstić information content (AvgIpc) is 3.51. The highest BCUT2D eigenvalue weighted by Crippen LogP contribution is 2.45. The van der Waals surface area contributed by atoms with Crippen LogP contribution in [-0.2, 0) is 0 Å². The SMILES string of the molecule is c1ccc(-c2ccc3c(c2)sc2ccc4c(ccc5sc6cc(-c7ccccn7)ccc6c54)c23)nc1. The lowest BCUT2D eigenvalue weighted by Crippen LogP contribution is -1.81. The summed E-state index contributed by atoms with van der Waals surface area (Å²) in [4.78, 5) is 9.09. The molecule has 0 aliphatic carbocycles. The van der Waals surface area contributed by atoms with Crippen LogP contribution in [0.5, 0.6) is 0 Å². The lowest BCUT2D eigenvalue weighted by Gasteiger charge is -2.05. The molecule has 0 atom stereocenters. The van der Waals surface area contributed by atoms with Crippen molar-refractivity contribution in [1.82, 2.24) is 9.97 Å². The van der Waals surface area contributed by atoms with E-state index in [1.54, 1.807) is 0 Å². The zero-order chi connectivity index (χ0) is 23.6. The summed E-state index contributed by atoms with van der Waals surface area (Å²) in [5.41, 5.74) is 4.35. The minimum Gasteiger partial charge on any atom is -0.256 e. The van der Waals surface area contributed by atoms with Gasteiger partial charge in [-0.15, -0.1) is 22.7 Å². The Morgan fingerprint density at radius 2 is 0.889 bits per heavy atom. The minimum atomic E-state index is 1.01. The van der Waals surface area contributed by atoms with Crippen LogP contribution >= 0.6 is 22.7 Å². The first-order valence-corrected chi connectivity index (χ1v) is 13.5. The fourth-order valence-corrected chi connectivity index (χ4v) is 7.66. The van der Waals surface area contributed by atoms with Crippen LogP contribution in [-0.4, -0.2) is 9.97 Å². The second-order valence-electron chi connectivity index (χ2n) is 9.03. The smallest absolute Gasteiger partial charge is 0.0702 e. The number of pyridine rings is 2. The molecular weight excluding hydrogens is 477 g/mol. The summed E-state index contributed by atoms with van der Waals surface area (Å²) in [6, 6.07) is 34.9. The third-order valence-electron chi connectivity index (χ3n) is 6.99. The molecule has 4 heteroatoms. The highest BCUT2D eigenvalue weighted by atomic mass is 32.1. The van der Waals surface area contributed by atoms with Crippen molar-refractivity contribution in [3.05, 3.63) is 109 Å². The molecule has 2 nitrogen and oxygen atoms in total. The molecule has 4 aromatic heterocycles. The maximum absolute atomic E-state index is 4.54. The van der Waals surface area contributed by atoms with Gasteiger partial charge in [0.15, 0.2) is 0 Å². The van der Waals surface area contributed by atoms with E-state index in [0.29, 0.717) is 0 Å². The van der Waals surface area contributed by atoms with E-state index in [9.17, 15) is 0 Å². The topological polar surface area (TPSA) is 25.8 Å². The van der Waals surface area contributed by atoms with E-state index in [4.69, 9.17) is 0 Å². The molecule has 168 valence electrons. The number of nitrogens with zero attached hydrogens (tertiary/aromatic N) is 2. The van der Waals surface area contributed by atoms with Gasteiger partial charge in [0.2, 0.25) is 0 Å². The van der Waals surface area contributed by atoms with Crippen LogP contribution in [0.1, 0.15) is 0 Å². The van der Waals surface area contributed by atoms with Crippen LogP contribution < -0.4 is 0 Å². The molecule has 0 radical (unpaired) electrons. The van der Waals surface area contributed by atoms with E-state index in [0.717, 1.165) is 22.5 Å². The Bertz CT molecular complexity index is 1940. The largest absolute Gasteiger partial charge is 0.256 e. The second-order valence-corrected chi connectivity index (χ2v) is 11.2. The number of hydrogen-bond donors (Lipinski definition) is 0. The Morgan fingerprint density at radius 3 is 1.33 bits per heavy atom. The molecule has 0 bridgehead atoms. The van der Waals surface area contributed by atoms with Crippen LogP contribution in [0.4, 0.5) is 0 Å². The molecule has 0 amide bonds. The van der Waals surface area contributed by atoms with Crippen molar-refractivity contribution in [2.24, 2.45) is 0 Å². The van der Waals surface area contributed by atoms with Gasteiger partial charge in [-0.05, 0) is 59.3 Å². The molecule has 0 saturated heterocycles. The molecule has 0 N–H and O–H groups in total. The van der Waals surface area contributed by atoms with Crippen LogP contribution in [0.2, 0.25) is 0 Å². The van der Waals surface area contributed by atoms with Crippen molar-refractivity contribution in [3.63, 3.8) is 0 Å². The van der Waals surface area contributed by atoms with Crippen LogP contribution in [0.15, 0.2) is 109 Å². The maximum Gasteiger partial charge on any atom is 0.0702 e. The molecule has 4 aromatic carbocycles. The zero-order valence-electron chi connectivity index (χ0n) is 19.1. The lowest BCUT2D eigenvalue weighted by atomic mass is 9.98. The quantitative estimate of drug-likeness (QED) is 0.239. The Balaban J connectivity index is 1.37. The van der Waals surface area contributed by atoms with Crippen molar-refractivity contribution in [2.45, 2.75) is 0 Å². The molecule has 8 rings (SSSR count). The van der Waals surface area contributed by atoms with Gasteiger partial charge in [-0.2, -0.15) is 0 Å². The number of thiophene rings is 2. The first kappa shape index (κ1) is 20.1. The highest BCUT2D eigenvalue weighted by molar-refractivity contribution is 7.26. The van der Waals surface area contributed by atoms with E-state index < -0.39 is 0 Å². The molecular formula is C32H18N2S2. The van der Waals surface area contributed by atoms with Crippen molar-refractivity contribution < 1.29 is 0 Å². The Hall–Kier alpha value is -4.12. The van der Waals surface area contributed by atoms with Gasteiger partial charge in [-0.3, -0.25) is 9.97 Å². The molecule has 0 aliphatic rings. The molecule has 0 spiro atoms. The van der Waals surface area contributed by atoms with E-state index in [1.165, 1.54) is 51.1 Å². The summed E-state index contributed by atoms with van der Waals surface area (Å²) in [5.74, 6) is 0. The summed E-state index contributed by atoms with van der Waals surface area (Å²) >= 11 is 3.73. The second kappa shape index (κ2) is 7.69. The van der Waals surface area contributed by atoms with Gasteiger partial charge in [-0.25, -0.2) is 0 Å². The Morgan fingerprint density at radius 1 is 0.417 bits per heavy atom. The zero-order valence-corrected chi connectivity index (χ0v) is 20.7. The number of hydrogen-bond acceptors (Lipinski definition) is 4. The number of aromatic nitrogens is 2. The number of fused-ring (bicyclic) bond motifs is 9. The lowest BCUT2D eigenvalue weighted by molar-refractivity contribution is 1.33. The van der Waals surface area contributed by atoms with Crippen LogP contribution in [0, 0.1) is 0 Å². The summed E-state index contributed by atoms with van der Waals surface area (Å²) in [5, 5.41) is 7.99. The molecule has 36 heavy (non-hydrogen) atoms. The predicted molar refractivity (Wildman–Crippen MR) is 156 cm³/mol. The van der Waals surface area contributed by atoms with E-state index in [1.807, 2.05) is 59.3 Å². The summed E-state index contributed by atoms with van der Waals surface area (Å²) < 4.78 is 5.26. The minimum absolute atomic E-state index is 1.01. The van der Waals surface area contributed by atoms with Gasteiger partial charge in [0.25, 0.3) is 0 Å². The molecule has 0 aliphatic heterocycles. The summed E-state index contributed by atoms with van der Waals surface area (Å²) in [6.07, 6.45) is 3.71. The molecule has 8 aromatic rings. The standard InChI is InChI=1S/C32H18N2S2/c1-3-15-33-25(5-1)19-7-9-23-29(17-19)35-27-13-11-22-21(31(23)27)12-14-28-32(22)24-10-8-20(18-30(24)36-28)26-6-2-4-16-34-26/h1-18H. The fourth-order valence-electron chi connectivity index (χ4n) is 5.34. The van der Waals surface area contributed by atoms with Gasteiger partial charge in [0.1, 0.15) is 0 Å². The predicted octanol–water partition coefficient (Wildman–Crippen LogP) is 9.70. The molecule has 0 fully saturated rings. The molecule has 0 unspecified atom stereocenters. The number of benzene rings is 4. The Labute approximate surface area is 215 Å². The van der Waals surface area contributed by atoms with Crippen molar-refractivity contribution in [3.8, 4) is 22.5 Å². The third kappa shape index (κ3) is 2.95. The maximum atomic E-state index is 4.54. The van der Waals surface area contributed by atoms with Crippen molar-refractivity contribution in [2.75, 3.05) is 0 Å². The van der Waals surface area contributed by atoms with E-state index in [-0.39, 0.29) is 0 Å². The van der Waals surface area contributed by atoms with Gasteiger partial charge < -0.3 is 0 Å². The summed E-state index contributed by atoms with van der Waals surface area (Å²) in [6.45, 7) is 0. The highest BCUT2D eigenvalue weighted by Gasteiger charge is 2.15. The first-order chi connectivity index (χ1) is 17.8. The van der Waals surface area contributed by atoms with Crippen LogP contribution in [0.25, 0.3) is 73.6 Å². The number of rotatable bonds is 2. The van der Waals surface area contributed by atoms with Gasteiger partial charge in [0, 0.05) is 63.9 Å². The first-order valence-electron chi connectivity index (χ1n) is 11.9. The molecule has 0 saturated carbocycles. The van der Waals surface area contributed by atoms with Gasteiger partial charge in [-0.1, -0.05) is 48.5 Å². The van der Waals surface area contributed by atoms with Crippen LogP contribution in [0.3, 0.4) is 0 Å². The normalized spacial score (nSPS) is 11.9. The third-order valence-corrected chi connectivity index (χ3v) is 9.22. The average molecular weight is 495 g/mol. The van der Waals surface area contributed by atoms with Gasteiger partial charge >= 0.3 is 0 Å². The fraction of sp³-hybridized carbons (Fsp3) is 0. The molecule has 4 heterocycles. The van der Waals surface area contributed by atoms with Crippen molar-refractivity contribution in [1.29, 1.82) is 0 Å². The van der Waals surface area contributed by atoms with Gasteiger partial charge in [0.05, 0.1) is 11.4 Å². The monoisotopic (exact) mass is 494 g/mol. The Kier molecular flexibility index (Phi) is 4.30. The van der Waals surface area contributed by atoms with Crippen molar-refractivity contribution >= 4 is 73.8 Å².